The van der Waals surface area contributed by atoms with Gasteiger partial charge < -0.3 is 5.11 Å². The maximum atomic E-state index is 11.4. The molecule has 1 aliphatic carbocycles. The molecule has 1 saturated carbocycles. The Morgan fingerprint density at radius 1 is 1.62 bits per heavy atom. The minimum Gasteiger partial charge on any atom is -0.395 e. The molecule has 0 aliphatic heterocycles. The summed E-state index contributed by atoms with van der Waals surface area (Å²) in [4.78, 5) is 13.6. The van der Waals surface area contributed by atoms with Crippen molar-refractivity contribution in [1.82, 2.24) is 4.90 Å². The van der Waals surface area contributed by atoms with Crippen LogP contribution in [0, 0.1) is 0 Å². The molecule has 13 heavy (non-hydrogen) atoms. The van der Waals surface area contributed by atoms with Crippen molar-refractivity contribution in [3.8, 4) is 0 Å². The number of carbonyl (C=O) groups excluding carboxylic acids is 1. The van der Waals surface area contributed by atoms with Gasteiger partial charge in [0.05, 0.1) is 12.6 Å². The van der Waals surface area contributed by atoms with Gasteiger partial charge in [-0.1, -0.05) is 6.92 Å². The van der Waals surface area contributed by atoms with Crippen LogP contribution in [0.25, 0.3) is 0 Å². The molecule has 3 nitrogen and oxygen atoms in total. The van der Waals surface area contributed by atoms with Crippen molar-refractivity contribution in [2.24, 2.45) is 0 Å². The van der Waals surface area contributed by atoms with E-state index in [2.05, 4.69) is 4.90 Å². The molecular formula is C10H19NO2. The van der Waals surface area contributed by atoms with Crippen LogP contribution < -0.4 is 0 Å². The fourth-order valence-corrected chi connectivity index (χ4v) is 1.69. The first-order valence-corrected chi connectivity index (χ1v) is 5.10. The lowest BCUT2D eigenvalue weighted by Crippen LogP contribution is -2.42. The van der Waals surface area contributed by atoms with E-state index in [9.17, 15) is 4.79 Å². The number of hydrogen-bond acceptors (Lipinski definition) is 3. The smallest absolute Gasteiger partial charge is 0.149 e. The van der Waals surface area contributed by atoms with E-state index in [-0.39, 0.29) is 18.4 Å². The third-order valence-electron chi connectivity index (χ3n) is 2.69. The van der Waals surface area contributed by atoms with E-state index in [1.165, 1.54) is 12.8 Å². The summed E-state index contributed by atoms with van der Waals surface area (Å²) >= 11 is 0. The molecule has 0 spiro atoms. The lowest BCUT2D eigenvalue weighted by atomic mass is 10.1. The van der Waals surface area contributed by atoms with Gasteiger partial charge >= 0.3 is 0 Å². The average molecular weight is 185 g/mol. The fraction of sp³-hybridized carbons (Fsp3) is 0.900. The van der Waals surface area contributed by atoms with Gasteiger partial charge in [0.2, 0.25) is 0 Å². The second kappa shape index (κ2) is 4.72. The van der Waals surface area contributed by atoms with Crippen molar-refractivity contribution in [2.45, 2.75) is 45.2 Å². The summed E-state index contributed by atoms with van der Waals surface area (Å²) in [5.41, 5.74) is 0. The molecule has 0 aromatic carbocycles. The Balaban J connectivity index is 2.47. The predicted octanol–water partition coefficient (Wildman–Crippen LogP) is 0.811. The van der Waals surface area contributed by atoms with Crippen molar-refractivity contribution < 1.29 is 9.90 Å². The number of nitrogens with zero attached hydrogens (tertiary/aromatic N) is 1. The average Bonchev–Trinajstić information content (AvgIpc) is 2.95. The Kier molecular flexibility index (Phi) is 3.88. The summed E-state index contributed by atoms with van der Waals surface area (Å²) in [5, 5.41) is 8.86. The topological polar surface area (TPSA) is 40.5 Å². The van der Waals surface area contributed by atoms with Crippen molar-refractivity contribution >= 4 is 5.78 Å². The molecule has 0 amide bonds. The lowest BCUT2D eigenvalue weighted by molar-refractivity contribution is -0.123. The van der Waals surface area contributed by atoms with Gasteiger partial charge in [-0.3, -0.25) is 9.69 Å². The van der Waals surface area contributed by atoms with E-state index in [1.54, 1.807) is 0 Å². The Morgan fingerprint density at radius 2 is 2.23 bits per heavy atom. The zero-order chi connectivity index (χ0) is 9.84. The van der Waals surface area contributed by atoms with Gasteiger partial charge in [0, 0.05) is 19.0 Å². The van der Waals surface area contributed by atoms with Crippen LogP contribution in [0.5, 0.6) is 0 Å². The van der Waals surface area contributed by atoms with E-state index in [4.69, 9.17) is 5.11 Å². The molecule has 1 fully saturated rings. The van der Waals surface area contributed by atoms with E-state index in [0.717, 1.165) is 0 Å². The molecule has 0 bridgehead atoms. The van der Waals surface area contributed by atoms with Crippen LogP contribution in [-0.4, -0.2) is 41.0 Å². The van der Waals surface area contributed by atoms with Gasteiger partial charge in [-0.2, -0.15) is 0 Å². The molecule has 1 rings (SSSR count). The summed E-state index contributed by atoms with van der Waals surface area (Å²) in [5.74, 6) is 0.278. The highest BCUT2D eigenvalue weighted by molar-refractivity contribution is 5.83. The molecule has 0 heterocycles. The number of Topliss-reactive ketones (excluding diaryl/α,β-unsaturated/α-hetero) is 1. The molecule has 0 aromatic rings. The van der Waals surface area contributed by atoms with Crippen LogP contribution in [0.1, 0.15) is 33.1 Å². The monoisotopic (exact) mass is 185 g/mol. The fourth-order valence-electron chi connectivity index (χ4n) is 1.69. The molecule has 1 N–H and O–H groups in total. The maximum absolute atomic E-state index is 11.4. The van der Waals surface area contributed by atoms with Crippen LogP contribution in [0.4, 0.5) is 0 Å². The van der Waals surface area contributed by atoms with Gasteiger partial charge in [-0.15, -0.1) is 0 Å². The Morgan fingerprint density at radius 3 is 2.62 bits per heavy atom. The molecule has 0 saturated heterocycles. The standard InChI is InChI=1S/C10H19NO2/c1-3-10(13)8(2)11(6-7-12)9-4-5-9/h8-9,12H,3-7H2,1-2H3. The lowest BCUT2D eigenvalue weighted by Gasteiger charge is -2.26. The highest BCUT2D eigenvalue weighted by Crippen LogP contribution is 2.28. The van der Waals surface area contributed by atoms with Crippen molar-refractivity contribution in [1.29, 1.82) is 0 Å². The highest BCUT2D eigenvalue weighted by Gasteiger charge is 2.33. The third-order valence-corrected chi connectivity index (χ3v) is 2.69. The van der Waals surface area contributed by atoms with Crippen LogP contribution in [-0.2, 0) is 4.79 Å². The molecular weight excluding hydrogens is 166 g/mol. The zero-order valence-electron chi connectivity index (χ0n) is 8.49. The van der Waals surface area contributed by atoms with Crippen molar-refractivity contribution in [3.05, 3.63) is 0 Å². The summed E-state index contributed by atoms with van der Waals surface area (Å²) < 4.78 is 0. The van der Waals surface area contributed by atoms with Gasteiger partial charge in [0.15, 0.2) is 0 Å². The normalized spacial score (nSPS) is 19.1. The molecule has 1 aliphatic rings. The van der Waals surface area contributed by atoms with E-state index < -0.39 is 0 Å². The zero-order valence-corrected chi connectivity index (χ0v) is 8.49. The SMILES string of the molecule is CCC(=O)C(C)N(CCO)C1CC1. The Hall–Kier alpha value is -0.410. The molecule has 0 radical (unpaired) electrons. The second-order valence-corrected chi connectivity index (χ2v) is 3.69. The van der Waals surface area contributed by atoms with Crippen molar-refractivity contribution in [2.75, 3.05) is 13.2 Å². The second-order valence-electron chi connectivity index (χ2n) is 3.69. The summed E-state index contributed by atoms with van der Waals surface area (Å²) in [7, 11) is 0. The quantitative estimate of drug-likeness (QED) is 0.665. The first-order valence-electron chi connectivity index (χ1n) is 5.10. The van der Waals surface area contributed by atoms with Gasteiger partial charge in [0.25, 0.3) is 0 Å². The first kappa shape index (κ1) is 10.7. The van der Waals surface area contributed by atoms with Gasteiger partial charge in [-0.05, 0) is 19.8 Å². The number of aliphatic hydroxyl groups excluding tert-OH is 1. The van der Waals surface area contributed by atoms with E-state index >= 15 is 0 Å². The number of aliphatic hydroxyl groups is 1. The van der Waals surface area contributed by atoms with E-state index in [0.29, 0.717) is 19.0 Å². The maximum Gasteiger partial charge on any atom is 0.149 e. The number of hydrogen-bond donors (Lipinski definition) is 1. The Labute approximate surface area is 79.7 Å². The summed E-state index contributed by atoms with van der Waals surface area (Å²) in [6.45, 7) is 4.62. The van der Waals surface area contributed by atoms with Crippen LogP contribution in [0.3, 0.4) is 0 Å². The largest absolute Gasteiger partial charge is 0.395 e. The molecule has 76 valence electrons. The predicted molar refractivity (Wildman–Crippen MR) is 51.6 cm³/mol. The molecule has 3 heteroatoms. The Bertz CT molecular complexity index is 178. The minimum absolute atomic E-state index is 0.00958. The van der Waals surface area contributed by atoms with Crippen LogP contribution in [0.2, 0.25) is 0 Å². The van der Waals surface area contributed by atoms with Crippen LogP contribution in [0.15, 0.2) is 0 Å². The third kappa shape index (κ3) is 2.78. The number of rotatable bonds is 6. The highest BCUT2D eigenvalue weighted by atomic mass is 16.3. The molecule has 0 aromatic heterocycles. The van der Waals surface area contributed by atoms with Crippen molar-refractivity contribution in [3.63, 3.8) is 0 Å². The van der Waals surface area contributed by atoms with Gasteiger partial charge in [0.1, 0.15) is 5.78 Å². The van der Waals surface area contributed by atoms with E-state index in [1.807, 2.05) is 13.8 Å². The molecule has 1 unspecified atom stereocenters. The van der Waals surface area contributed by atoms with Gasteiger partial charge in [-0.25, -0.2) is 0 Å². The van der Waals surface area contributed by atoms with Crippen LogP contribution >= 0.6 is 0 Å². The first-order chi connectivity index (χ1) is 6.20. The summed E-state index contributed by atoms with van der Waals surface area (Å²) in [6, 6.07) is 0.544. The molecule has 1 atom stereocenters. The number of ketones is 1. The minimum atomic E-state index is -0.00958. The summed E-state index contributed by atoms with van der Waals surface area (Å²) in [6.07, 6.45) is 2.96. The number of carbonyl (C=O) groups is 1.